The van der Waals surface area contributed by atoms with Crippen LogP contribution in [0.5, 0.6) is 0 Å². The lowest BCUT2D eigenvalue weighted by atomic mass is 9.68. The van der Waals surface area contributed by atoms with E-state index in [1.807, 2.05) is 13.8 Å². The van der Waals surface area contributed by atoms with E-state index in [0.717, 1.165) is 51.4 Å². The largest absolute Gasteiger partial charge is 0.462 e. The minimum absolute atomic E-state index is 0.0779. The Morgan fingerprint density at radius 2 is 1.02 bits per heavy atom. The fraction of sp³-hybridized carbons (Fsp3) is 0.889. The van der Waals surface area contributed by atoms with Gasteiger partial charge in [-0.1, -0.05) is 54.4 Å². The van der Waals surface area contributed by atoms with Crippen molar-refractivity contribution < 1.29 is 38.1 Å². The molecular weight excluding hydrogens is 560 g/mol. The standard InChI is InChI=1S/2C18H30O4/c1-12(11-21-17(20)14-7-8-14)22-16(19)13(2)15-6-5-9-18(3,4)10-15;1-12(22-17(20)14-7-8-14)11-21-16(19)13(2)15-6-5-9-18(3,4)10-15/h2*12-15H,5-11H2,1-4H3. The van der Waals surface area contributed by atoms with Gasteiger partial charge in [0.1, 0.15) is 25.4 Å². The number of rotatable bonds is 12. The molecule has 0 aliphatic heterocycles. The summed E-state index contributed by atoms with van der Waals surface area (Å²) in [5.74, 6) is 0.211. The summed E-state index contributed by atoms with van der Waals surface area (Å²) < 4.78 is 21.3. The van der Waals surface area contributed by atoms with Crippen molar-refractivity contribution in [3.05, 3.63) is 0 Å². The van der Waals surface area contributed by atoms with E-state index < -0.39 is 0 Å². The number of carbonyl (C=O) groups is 4. The Morgan fingerprint density at radius 3 is 1.50 bits per heavy atom. The number of hydrogen-bond donors (Lipinski definition) is 0. The number of ether oxygens (including phenoxy) is 4. The van der Waals surface area contributed by atoms with Crippen molar-refractivity contribution in [2.45, 2.75) is 145 Å². The van der Waals surface area contributed by atoms with Gasteiger partial charge in [0.05, 0.1) is 23.7 Å². The van der Waals surface area contributed by atoms with Crippen LogP contribution in [0.4, 0.5) is 0 Å². The van der Waals surface area contributed by atoms with Crippen LogP contribution >= 0.6 is 0 Å². The highest BCUT2D eigenvalue weighted by Gasteiger charge is 2.37. The Morgan fingerprint density at radius 1 is 0.591 bits per heavy atom. The first-order valence-corrected chi connectivity index (χ1v) is 17.3. The maximum absolute atomic E-state index is 12.3. The first-order chi connectivity index (χ1) is 20.6. The predicted molar refractivity (Wildman–Crippen MR) is 168 cm³/mol. The lowest BCUT2D eigenvalue weighted by Crippen LogP contribution is -2.33. The second kappa shape index (κ2) is 15.9. The summed E-state index contributed by atoms with van der Waals surface area (Å²) in [6.07, 6.45) is 12.2. The second-order valence-corrected chi connectivity index (χ2v) is 15.9. The van der Waals surface area contributed by atoms with E-state index in [0.29, 0.717) is 22.7 Å². The number of hydrogen-bond acceptors (Lipinski definition) is 8. The molecule has 4 rings (SSSR count). The number of esters is 4. The molecule has 0 heterocycles. The molecule has 0 saturated heterocycles. The van der Waals surface area contributed by atoms with Gasteiger partial charge in [-0.05, 0) is 101 Å². The van der Waals surface area contributed by atoms with Gasteiger partial charge in [0.25, 0.3) is 0 Å². The monoisotopic (exact) mass is 620 g/mol. The molecule has 4 aliphatic carbocycles. The van der Waals surface area contributed by atoms with Crippen LogP contribution in [0, 0.1) is 46.3 Å². The van der Waals surface area contributed by atoms with Crippen molar-refractivity contribution in [1.29, 1.82) is 0 Å². The zero-order chi connectivity index (χ0) is 32.7. The lowest BCUT2D eigenvalue weighted by Gasteiger charge is -2.37. The first kappa shape index (κ1) is 36.3. The summed E-state index contributed by atoms with van der Waals surface area (Å²) in [7, 11) is 0. The smallest absolute Gasteiger partial charge is 0.309 e. The van der Waals surface area contributed by atoms with E-state index in [2.05, 4.69) is 27.7 Å². The molecule has 4 saturated carbocycles. The molecule has 252 valence electrons. The summed E-state index contributed by atoms with van der Waals surface area (Å²) in [6.45, 7) is 16.9. The van der Waals surface area contributed by atoms with Gasteiger partial charge in [-0.25, -0.2) is 0 Å². The van der Waals surface area contributed by atoms with E-state index in [-0.39, 0.29) is 73.0 Å². The minimum atomic E-state index is -0.366. The second-order valence-electron chi connectivity index (χ2n) is 15.9. The van der Waals surface area contributed by atoms with Gasteiger partial charge in [-0.2, -0.15) is 0 Å². The lowest BCUT2D eigenvalue weighted by molar-refractivity contribution is -0.163. The predicted octanol–water partition coefficient (Wildman–Crippen LogP) is 7.45. The SMILES string of the molecule is CC(COC(=O)C(C)C1CCCC(C)(C)C1)OC(=O)C1CC1.CC(COC(=O)C1CC1)OC(=O)C(C)C1CCCC(C)(C)C1. The van der Waals surface area contributed by atoms with E-state index in [9.17, 15) is 19.2 Å². The highest BCUT2D eigenvalue weighted by molar-refractivity contribution is 5.76. The molecule has 0 N–H and O–H groups in total. The van der Waals surface area contributed by atoms with Crippen LogP contribution in [0.3, 0.4) is 0 Å². The molecular formula is C36H60O8. The molecule has 0 aromatic heterocycles. The van der Waals surface area contributed by atoms with Crippen molar-refractivity contribution in [2.75, 3.05) is 13.2 Å². The van der Waals surface area contributed by atoms with Crippen LogP contribution in [0.2, 0.25) is 0 Å². The van der Waals surface area contributed by atoms with Crippen LogP contribution < -0.4 is 0 Å². The fourth-order valence-corrected chi connectivity index (χ4v) is 6.71. The van der Waals surface area contributed by atoms with E-state index in [1.165, 1.54) is 25.7 Å². The number of carbonyl (C=O) groups excluding carboxylic acids is 4. The summed E-state index contributed by atoms with van der Waals surface area (Å²) >= 11 is 0. The van der Waals surface area contributed by atoms with Crippen LogP contribution in [0.25, 0.3) is 0 Å². The van der Waals surface area contributed by atoms with Crippen molar-refractivity contribution >= 4 is 23.9 Å². The highest BCUT2D eigenvalue weighted by Crippen LogP contribution is 2.43. The summed E-state index contributed by atoms with van der Waals surface area (Å²) in [5.41, 5.74) is 0.646. The van der Waals surface area contributed by atoms with Crippen LogP contribution in [-0.4, -0.2) is 49.3 Å². The zero-order valence-corrected chi connectivity index (χ0v) is 28.8. The Bertz CT molecular complexity index is 979. The van der Waals surface area contributed by atoms with Crippen LogP contribution in [0.1, 0.15) is 132 Å². The maximum atomic E-state index is 12.3. The van der Waals surface area contributed by atoms with Crippen LogP contribution in [0.15, 0.2) is 0 Å². The molecule has 0 radical (unpaired) electrons. The van der Waals surface area contributed by atoms with Gasteiger partial charge < -0.3 is 18.9 Å². The van der Waals surface area contributed by atoms with Gasteiger partial charge in [0, 0.05) is 0 Å². The van der Waals surface area contributed by atoms with Gasteiger partial charge in [-0.3, -0.25) is 19.2 Å². The molecule has 8 nitrogen and oxygen atoms in total. The van der Waals surface area contributed by atoms with E-state index in [1.54, 1.807) is 13.8 Å². The summed E-state index contributed by atoms with van der Waals surface area (Å²) in [4.78, 5) is 47.6. The third kappa shape index (κ3) is 12.3. The Balaban J connectivity index is 0.000000240. The summed E-state index contributed by atoms with van der Waals surface area (Å²) in [5, 5.41) is 0. The topological polar surface area (TPSA) is 105 Å². The van der Waals surface area contributed by atoms with Crippen molar-refractivity contribution in [3.63, 3.8) is 0 Å². The van der Waals surface area contributed by atoms with Gasteiger partial charge in [0.15, 0.2) is 0 Å². The maximum Gasteiger partial charge on any atom is 0.309 e. The van der Waals surface area contributed by atoms with E-state index in [4.69, 9.17) is 18.9 Å². The van der Waals surface area contributed by atoms with Crippen molar-refractivity contribution in [1.82, 2.24) is 0 Å². The van der Waals surface area contributed by atoms with Gasteiger partial charge in [0.2, 0.25) is 0 Å². The molecule has 6 unspecified atom stereocenters. The Labute approximate surface area is 266 Å². The fourth-order valence-electron chi connectivity index (χ4n) is 6.71. The molecule has 44 heavy (non-hydrogen) atoms. The quantitative estimate of drug-likeness (QED) is 0.164. The van der Waals surface area contributed by atoms with E-state index >= 15 is 0 Å². The highest BCUT2D eigenvalue weighted by atomic mass is 16.6. The normalized spacial score (nSPS) is 26.8. The molecule has 0 aromatic carbocycles. The van der Waals surface area contributed by atoms with Crippen LogP contribution in [-0.2, 0) is 38.1 Å². The molecule has 6 atom stereocenters. The van der Waals surface area contributed by atoms with Gasteiger partial charge in [-0.15, -0.1) is 0 Å². The molecule has 0 aromatic rings. The Kier molecular flexibility index (Phi) is 13.2. The first-order valence-electron chi connectivity index (χ1n) is 17.3. The molecule has 0 amide bonds. The van der Waals surface area contributed by atoms with Crippen molar-refractivity contribution in [3.8, 4) is 0 Å². The minimum Gasteiger partial charge on any atom is -0.462 e. The van der Waals surface area contributed by atoms with Crippen molar-refractivity contribution in [2.24, 2.45) is 46.3 Å². The average molecular weight is 621 g/mol. The third-order valence-electron chi connectivity index (χ3n) is 10.0. The Hall–Kier alpha value is -2.12. The zero-order valence-electron chi connectivity index (χ0n) is 28.8. The molecule has 4 aliphatic rings. The summed E-state index contributed by atoms with van der Waals surface area (Å²) in [6, 6.07) is 0. The average Bonchev–Trinajstić information content (AvgIpc) is 3.86. The molecule has 0 spiro atoms. The molecule has 4 fully saturated rings. The molecule has 0 bridgehead atoms. The molecule has 8 heteroatoms. The third-order valence-corrected chi connectivity index (χ3v) is 10.0. The van der Waals surface area contributed by atoms with Gasteiger partial charge >= 0.3 is 23.9 Å².